The molecule has 0 aromatic carbocycles. The summed E-state index contributed by atoms with van der Waals surface area (Å²) in [7, 11) is 0. The SMILES string of the molecule is BrCCCOCCC1CC1. The summed E-state index contributed by atoms with van der Waals surface area (Å²) in [5.74, 6) is 1.02. The van der Waals surface area contributed by atoms with Gasteiger partial charge in [0.05, 0.1) is 0 Å². The number of ether oxygens (including phenoxy) is 1. The topological polar surface area (TPSA) is 9.23 Å². The van der Waals surface area contributed by atoms with Gasteiger partial charge in [-0.1, -0.05) is 28.8 Å². The van der Waals surface area contributed by atoms with E-state index in [1.54, 1.807) is 0 Å². The third-order valence-corrected chi connectivity index (χ3v) is 2.35. The van der Waals surface area contributed by atoms with Crippen molar-refractivity contribution < 1.29 is 4.74 Å². The Morgan fingerprint density at radius 2 is 2.10 bits per heavy atom. The Hall–Kier alpha value is 0.440. The van der Waals surface area contributed by atoms with Crippen molar-refractivity contribution in [3.05, 3.63) is 0 Å². The average Bonchev–Trinajstić information content (AvgIpc) is 2.71. The summed E-state index contributed by atoms with van der Waals surface area (Å²) in [6.07, 6.45) is 5.33. The van der Waals surface area contributed by atoms with Crippen molar-refractivity contribution in [3.63, 3.8) is 0 Å². The lowest BCUT2D eigenvalue weighted by Crippen LogP contribution is -1.97. The number of halogens is 1. The Bertz CT molecular complexity index is 81.3. The van der Waals surface area contributed by atoms with Crippen molar-refractivity contribution in [3.8, 4) is 0 Å². The Balaban J connectivity index is 1.68. The second-order valence-electron chi connectivity index (χ2n) is 2.89. The first-order chi connectivity index (χ1) is 4.93. The molecule has 0 spiro atoms. The average molecular weight is 207 g/mol. The maximum absolute atomic E-state index is 5.39. The Morgan fingerprint density at radius 1 is 1.30 bits per heavy atom. The molecule has 0 N–H and O–H groups in total. The summed E-state index contributed by atoms with van der Waals surface area (Å²) in [4.78, 5) is 0. The van der Waals surface area contributed by atoms with Gasteiger partial charge in [0.15, 0.2) is 0 Å². The van der Waals surface area contributed by atoms with E-state index in [1.165, 1.54) is 19.3 Å². The highest BCUT2D eigenvalue weighted by Gasteiger charge is 2.20. The van der Waals surface area contributed by atoms with E-state index in [4.69, 9.17) is 4.74 Å². The molecule has 0 saturated heterocycles. The quantitative estimate of drug-likeness (QED) is 0.480. The third-order valence-electron chi connectivity index (χ3n) is 1.79. The van der Waals surface area contributed by atoms with E-state index in [0.717, 1.165) is 30.9 Å². The molecule has 0 aromatic rings. The van der Waals surface area contributed by atoms with Crippen LogP contribution in [0.4, 0.5) is 0 Å². The van der Waals surface area contributed by atoms with E-state index in [-0.39, 0.29) is 0 Å². The fraction of sp³-hybridized carbons (Fsp3) is 1.00. The van der Waals surface area contributed by atoms with Crippen LogP contribution in [0.25, 0.3) is 0 Å². The van der Waals surface area contributed by atoms with Crippen molar-refractivity contribution in [2.45, 2.75) is 25.7 Å². The van der Waals surface area contributed by atoms with Crippen LogP contribution in [0.3, 0.4) is 0 Å². The molecule has 10 heavy (non-hydrogen) atoms. The Labute approximate surface area is 71.3 Å². The maximum atomic E-state index is 5.39. The molecule has 0 aliphatic heterocycles. The molecule has 0 radical (unpaired) electrons. The molecule has 0 heterocycles. The third kappa shape index (κ3) is 4.29. The normalized spacial score (nSPS) is 17.7. The first kappa shape index (κ1) is 8.54. The van der Waals surface area contributed by atoms with Gasteiger partial charge in [-0.3, -0.25) is 0 Å². The van der Waals surface area contributed by atoms with E-state index in [0.29, 0.717) is 0 Å². The van der Waals surface area contributed by atoms with Gasteiger partial charge in [-0.15, -0.1) is 0 Å². The minimum atomic E-state index is 0.929. The van der Waals surface area contributed by atoms with Crippen LogP contribution < -0.4 is 0 Å². The monoisotopic (exact) mass is 206 g/mol. The van der Waals surface area contributed by atoms with E-state index in [1.807, 2.05) is 0 Å². The van der Waals surface area contributed by atoms with Crippen LogP contribution in [-0.2, 0) is 4.74 Å². The summed E-state index contributed by atoms with van der Waals surface area (Å²) in [6, 6.07) is 0. The van der Waals surface area contributed by atoms with Crippen molar-refractivity contribution in [1.82, 2.24) is 0 Å². The maximum Gasteiger partial charge on any atom is 0.0474 e. The van der Waals surface area contributed by atoms with Gasteiger partial charge >= 0.3 is 0 Å². The Morgan fingerprint density at radius 3 is 2.70 bits per heavy atom. The molecule has 1 fully saturated rings. The number of alkyl halides is 1. The molecule has 2 heteroatoms. The van der Waals surface area contributed by atoms with Crippen LogP contribution in [-0.4, -0.2) is 18.5 Å². The lowest BCUT2D eigenvalue weighted by atomic mass is 10.3. The molecule has 1 aliphatic rings. The highest BCUT2D eigenvalue weighted by molar-refractivity contribution is 9.09. The molecular weight excluding hydrogens is 192 g/mol. The molecule has 0 bridgehead atoms. The van der Waals surface area contributed by atoms with Gasteiger partial charge in [0.25, 0.3) is 0 Å². The number of hydrogen-bond acceptors (Lipinski definition) is 1. The highest BCUT2D eigenvalue weighted by atomic mass is 79.9. The van der Waals surface area contributed by atoms with Crippen LogP contribution in [0, 0.1) is 5.92 Å². The standard InChI is InChI=1S/C8H15BrO/c9-5-1-6-10-7-4-8-2-3-8/h8H,1-7H2. The molecule has 1 aliphatic carbocycles. The van der Waals surface area contributed by atoms with Crippen molar-refractivity contribution >= 4 is 15.9 Å². The summed E-state index contributed by atoms with van der Waals surface area (Å²) in [5.41, 5.74) is 0. The number of rotatable bonds is 6. The van der Waals surface area contributed by atoms with Crippen LogP contribution in [0.15, 0.2) is 0 Å². The lowest BCUT2D eigenvalue weighted by Gasteiger charge is -2.00. The van der Waals surface area contributed by atoms with Crippen LogP contribution in [0.2, 0.25) is 0 Å². The van der Waals surface area contributed by atoms with Crippen molar-refractivity contribution in [2.75, 3.05) is 18.5 Å². The van der Waals surface area contributed by atoms with Gasteiger partial charge in [-0.2, -0.15) is 0 Å². The summed E-state index contributed by atoms with van der Waals surface area (Å²) in [6.45, 7) is 1.91. The number of hydrogen-bond donors (Lipinski definition) is 0. The molecule has 1 rings (SSSR count). The minimum absolute atomic E-state index is 0.929. The predicted octanol–water partition coefficient (Wildman–Crippen LogP) is 2.59. The smallest absolute Gasteiger partial charge is 0.0474 e. The fourth-order valence-electron chi connectivity index (χ4n) is 0.915. The van der Waals surface area contributed by atoms with Crippen LogP contribution in [0.1, 0.15) is 25.7 Å². The van der Waals surface area contributed by atoms with Gasteiger partial charge in [0, 0.05) is 18.5 Å². The molecule has 0 aromatic heterocycles. The van der Waals surface area contributed by atoms with E-state index in [9.17, 15) is 0 Å². The second-order valence-corrected chi connectivity index (χ2v) is 3.68. The van der Waals surface area contributed by atoms with E-state index < -0.39 is 0 Å². The van der Waals surface area contributed by atoms with Gasteiger partial charge in [-0.05, 0) is 18.8 Å². The van der Waals surface area contributed by atoms with Crippen LogP contribution in [0.5, 0.6) is 0 Å². The zero-order chi connectivity index (χ0) is 7.23. The predicted molar refractivity (Wildman–Crippen MR) is 46.6 cm³/mol. The van der Waals surface area contributed by atoms with Crippen molar-refractivity contribution in [2.24, 2.45) is 5.92 Å². The summed E-state index contributed by atoms with van der Waals surface area (Å²) in [5, 5.41) is 1.07. The molecule has 0 atom stereocenters. The van der Waals surface area contributed by atoms with Crippen LogP contribution >= 0.6 is 15.9 Å². The van der Waals surface area contributed by atoms with E-state index in [2.05, 4.69) is 15.9 Å². The van der Waals surface area contributed by atoms with Gasteiger partial charge in [0.1, 0.15) is 0 Å². The van der Waals surface area contributed by atoms with E-state index >= 15 is 0 Å². The Kier molecular flexibility index (Phi) is 4.39. The zero-order valence-corrected chi connectivity index (χ0v) is 7.90. The van der Waals surface area contributed by atoms with Crippen molar-refractivity contribution in [1.29, 1.82) is 0 Å². The molecular formula is C8H15BrO. The fourth-order valence-corrected chi connectivity index (χ4v) is 1.14. The lowest BCUT2D eigenvalue weighted by molar-refractivity contribution is 0.129. The second kappa shape index (κ2) is 5.14. The molecule has 0 amide bonds. The minimum Gasteiger partial charge on any atom is -0.381 e. The molecule has 60 valence electrons. The first-order valence-electron chi connectivity index (χ1n) is 4.07. The summed E-state index contributed by atoms with van der Waals surface area (Å²) >= 11 is 3.36. The molecule has 1 saturated carbocycles. The van der Waals surface area contributed by atoms with Gasteiger partial charge in [-0.25, -0.2) is 0 Å². The molecule has 1 nitrogen and oxygen atoms in total. The largest absolute Gasteiger partial charge is 0.381 e. The molecule has 0 unspecified atom stereocenters. The van der Waals surface area contributed by atoms with Gasteiger partial charge < -0.3 is 4.74 Å². The summed E-state index contributed by atoms with van der Waals surface area (Å²) < 4.78 is 5.39. The zero-order valence-electron chi connectivity index (χ0n) is 6.31. The first-order valence-corrected chi connectivity index (χ1v) is 5.19. The van der Waals surface area contributed by atoms with Gasteiger partial charge in [0.2, 0.25) is 0 Å². The highest BCUT2D eigenvalue weighted by Crippen LogP contribution is 2.31.